The molecule has 2 aromatic carbocycles. The molecule has 2 aromatic rings. The molecule has 0 aliphatic carbocycles. The maximum absolute atomic E-state index is 11.7. The van der Waals surface area contributed by atoms with Gasteiger partial charge in [-0.05, 0) is 12.1 Å². The van der Waals surface area contributed by atoms with Crippen molar-refractivity contribution >= 4 is 34.0 Å². The Morgan fingerprint density at radius 1 is 1.00 bits per heavy atom. The van der Waals surface area contributed by atoms with Crippen LogP contribution in [0.25, 0.3) is 10.8 Å². The van der Waals surface area contributed by atoms with Gasteiger partial charge in [0.1, 0.15) is 0 Å². The molecular weight excluding hydrogens is 218 g/mol. The zero-order valence-electron chi connectivity index (χ0n) is 8.78. The van der Waals surface area contributed by atoms with E-state index in [1.165, 1.54) is 6.07 Å². The summed E-state index contributed by atoms with van der Waals surface area (Å²) < 4.78 is 0. The molecule has 0 unspecified atom stereocenters. The molecule has 0 bridgehead atoms. The van der Waals surface area contributed by atoms with Gasteiger partial charge in [0.2, 0.25) is 0 Å². The predicted octanol–water partition coefficient (Wildman–Crippen LogP) is 0.888. The van der Waals surface area contributed by atoms with E-state index in [9.17, 15) is 9.59 Å². The summed E-state index contributed by atoms with van der Waals surface area (Å²) in [5, 5.41) is 3.48. The first-order chi connectivity index (χ1) is 8.09. The van der Waals surface area contributed by atoms with E-state index in [4.69, 9.17) is 11.5 Å². The van der Waals surface area contributed by atoms with Gasteiger partial charge in [0.25, 0.3) is 11.8 Å². The first-order valence-corrected chi connectivity index (χ1v) is 5.06. The number of rotatable bonds is 0. The van der Waals surface area contributed by atoms with Crippen LogP contribution in [0.15, 0.2) is 24.3 Å². The van der Waals surface area contributed by atoms with Crippen LogP contribution in [0.5, 0.6) is 0 Å². The fourth-order valence-corrected chi connectivity index (χ4v) is 2.13. The summed E-state index contributed by atoms with van der Waals surface area (Å²) >= 11 is 0. The van der Waals surface area contributed by atoms with Crippen LogP contribution < -0.4 is 16.8 Å². The van der Waals surface area contributed by atoms with Gasteiger partial charge in [-0.2, -0.15) is 0 Å². The van der Waals surface area contributed by atoms with E-state index in [2.05, 4.69) is 5.32 Å². The first kappa shape index (κ1) is 9.65. The van der Waals surface area contributed by atoms with E-state index >= 15 is 0 Å². The molecule has 5 nitrogen and oxygen atoms in total. The van der Waals surface area contributed by atoms with E-state index in [0.717, 1.165) is 0 Å². The molecule has 2 amide bonds. The number of carbonyl (C=O) groups is 2. The molecule has 0 spiro atoms. The third-order valence-electron chi connectivity index (χ3n) is 2.95. The van der Waals surface area contributed by atoms with Gasteiger partial charge in [0.15, 0.2) is 0 Å². The van der Waals surface area contributed by atoms with Gasteiger partial charge in [0.05, 0.1) is 16.9 Å². The van der Waals surface area contributed by atoms with Crippen molar-refractivity contribution in [3.8, 4) is 0 Å². The summed E-state index contributed by atoms with van der Waals surface area (Å²) in [4.78, 5) is 23.4. The van der Waals surface area contributed by atoms with Gasteiger partial charge >= 0.3 is 0 Å². The van der Waals surface area contributed by atoms with Crippen LogP contribution in [0.4, 0.5) is 11.4 Å². The summed E-state index contributed by atoms with van der Waals surface area (Å²) in [6.45, 7) is 0. The Bertz CT molecular complexity index is 692. The monoisotopic (exact) mass is 227 g/mol. The van der Waals surface area contributed by atoms with Crippen molar-refractivity contribution in [1.29, 1.82) is 0 Å². The number of benzene rings is 2. The molecule has 5 N–H and O–H groups in total. The van der Waals surface area contributed by atoms with Crippen LogP contribution >= 0.6 is 0 Å². The van der Waals surface area contributed by atoms with Crippen LogP contribution in [0.1, 0.15) is 20.7 Å². The van der Waals surface area contributed by atoms with Crippen LogP contribution in [-0.2, 0) is 0 Å². The minimum atomic E-state index is -0.439. The van der Waals surface area contributed by atoms with E-state index in [-0.39, 0.29) is 0 Å². The fraction of sp³-hybridized carbons (Fsp3) is 0. The van der Waals surface area contributed by atoms with Crippen LogP contribution in [-0.4, -0.2) is 11.8 Å². The highest BCUT2D eigenvalue weighted by Gasteiger charge is 2.26. The second-order valence-corrected chi connectivity index (χ2v) is 3.94. The molecule has 84 valence electrons. The smallest absolute Gasteiger partial charge is 0.258 e. The van der Waals surface area contributed by atoms with Crippen molar-refractivity contribution in [2.45, 2.75) is 0 Å². The van der Waals surface area contributed by atoms with Crippen molar-refractivity contribution in [1.82, 2.24) is 5.32 Å². The van der Waals surface area contributed by atoms with Crippen LogP contribution in [0.3, 0.4) is 0 Å². The van der Waals surface area contributed by atoms with Gasteiger partial charge in [0, 0.05) is 16.3 Å². The minimum Gasteiger partial charge on any atom is -0.397 e. The summed E-state index contributed by atoms with van der Waals surface area (Å²) in [7, 11) is 0. The zero-order chi connectivity index (χ0) is 12.2. The number of nitrogens with one attached hydrogen (secondary N) is 1. The molecule has 0 fully saturated rings. The lowest BCUT2D eigenvalue weighted by Gasteiger charge is -2.18. The normalized spacial score (nSPS) is 13.9. The molecule has 1 aliphatic heterocycles. The Labute approximate surface area is 96.4 Å². The molecule has 0 saturated heterocycles. The van der Waals surface area contributed by atoms with Gasteiger partial charge in [-0.1, -0.05) is 12.1 Å². The molecule has 1 heterocycles. The molecule has 1 aliphatic rings. The van der Waals surface area contributed by atoms with E-state index in [0.29, 0.717) is 33.3 Å². The fourth-order valence-electron chi connectivity index (χ4n) is 2.13. The van der Waals surface area contributed by atoms with Crippen molar-refractivity contribution in [2.24, 2.45) is 0 Å². The third kappa shape index (κ3) is 1.13. The van der Waals surface area contributed by atoms with E-state index < -0.39 is 11.8 Å². The number of nitrogen functional groups attached to an aromatic ring is 2. The highest BCUT2D eigenvalue weighted by atomic mass is 16.2. The van der Waals surface area contributed by atoms with E-state index in [1.807, 2.05) is 0 Å². The molecule has 5 heteroatoms. The Hall–Kier alpha value is -2.56. The first-order valence-electron chi connectivity index (χ1n) is 5.06. The van der Waals surface area contributed by atoms with E-state index in [1.54, 1.807) is 18.2 Å². The topological polar surface area (TPSA) is 98.2 Å². The molecule has 17 heavy (non-hydrogen) atoms. The van der Waals surface area contributed by atoms with Crippen molar-refractivity contribution in [3.63, 3.8) is 0 Å². The molecular formula is C12H9N3O2. The lowest BCUT2D eigenvalue weighted by molar-refractivity contribution is 0.0845. The maximum Gasteiger partial charge on any atom is 0.258 e. The van der Waals surface area contributed by atoms with Crippen molar-refractivity contribution in [3.05, 3.63) is 35.4 Å². The molecule has 0 aromatic heterocycles. The lowest BCUT2D eigenvalue weighted by Crippen LogP contribution is -2.34. The Balaban J connectivity index is 2.59. The minimum absolute atomic E-state index is 0.342. The summed E-state index contributed by atoms with van der Waals surface area (Å²) in [6, 6.07) is 6.62. The van der Waals surface area contributed by atoms with Crippen LogP contribution in [0.2, 0.25) is 0 Å². The van der Waals surface area contributed by atoms with Crippen molar-refractivity contribution in [2.75, 3.05) is 11.5 Å². The highest BCUT2D eigenvalue weighted by Crippen LogP contribution is 2.34. The number of carbonyl (C=O) groups excluding carboxylic acids is 2. The summed E-state index contributed by atoms with van der Waals surface area (Å²) in [5.74, 6) is -0.845. The van der Waals surface area contributed by atoms with Crippen molar-refractivity contribution < 1.29 is 9.59 Å². The predicted molar refractivity (Wildman–Crippen MR) is 64.6 cm³/mol. The SMILES string of the molecule is Nc1cc2c3c(cccc3c1N)C(=O)NC2=O. The lowest BCUT2D eigenvalue weighted by atomic mass is 9.93. The second kappa shape index (κ2) is 2.98. The average Bonchev–Trinajstić information content (AvgIpc) is 2.31. The molecule has 0 saturated carbocycles. The number of amides is 2. The molecule has 3 rings (SSSR count). The number of anilines is 2. The maximum atomic E-state index is 11.7. The quantitative estimate of drug-likeness (QED) is 0.459. The molecule has 0 radical (unpaired) electrons. The Kier molecular flexibility index (Phi) is 1.69. The number of hydrogen-bond donors (Lipinski definition) is 3. The number of imide groups is 1. The molecule has 0 atom stereocenters. The summed E-state index contributed by atoms with van der Waals surface area (Å²) in [6.07, 6.45) is 0. The third-order valence-corrected chi connectivity index (χ3v) is 2.95. The van der Waals surface area contributed by atoms with Gasteiger partial charge < -0.3 is 11.5 Å². The van der Waals surface area contributed by atoms with Crippen LogP contribution in [0, 0.1) is 0 Å². The van der Waals surface area contributed by atoms with Gasteiger partial charge in [-0.25, -0.2) is 0 Å². The van der Waals surface area contributed by atoms with Gasteiger partial charge in [-0.15, -0.1) is 0 Å². The number of nitrogens with two attached hydrogens (primary N) is 2. The standard InChI is InChI=1S/C12H9N3O2/c13-8-4-7-9-5(10(8)14)2-1-3-6(9)11(16)15-12(7)17/h1-4H,13-14H2,(H,15,16,17). The zero-order valence-corrected chi connectivity index (χ0v) is 8.78. The largest absolute Gasteiger partial charge is 0.397 e. The summed E-state index contributed by atoms with van der Waals surface area (Å²) in [5.41, 5.74) is 13.2. The Morgan fingerprint density at radius 3 is 2.47 bits per heavy atom. The number of hydrogen-bond acceptors (Lipinski definition) is 4. The van der Waals surface area contributed by atoms with Gasteiger partial charge in [-0.3, -0.25) is 14.9 Å². The highest BCUT2D eigenvalue weighted by molar-refractivity contribution is 6.27. The Morgan fingerprint density at radius 2 is 1.71 bits per heavy atom. The second-order valence-electron chi connectivity index (χ2n) is 3.94. The average molecular weight is 227 g/mol.